The highest BCUT2D eigenvalue weighted by Crippen LogP contribution is 2.50. The van der Waals surface area contributed by atoms with Crippen LogP contribution in [0.15, 0.2) is 0 Å². The van der Waals surface area contributed by atoms with E-state index in [1.54, 1.807) is 0 Å². The Hall–Kier alpha value is -0.700. The van der Waals surface area contributed by atoms with E-state index in [0.717, 1.165) is 12.8 Å². The van der Waals surface area contributed by atoms with Crippen LogP contribution < -0.4 is 0 Å². The van der Waals surface area contributed by atoms with Crippen molar-refractivity contribution in [3.63, 3.8) is 0 Å². The molecule has 0 heterocycles. The smallest absolute Gasteiger partial charge is 0.145 e. The molecule has 2 aliphatic rings. The third-order valence-electron chi connectivity index (χ3n) is 4.68. The average molecular weight is 252 g/mol. The highest BCUT2D eigenvalue weighted by Gasteiger charge is 2.43. The predicted molar refractivity (Wildman–Crippen MR) is 69.4 cm³/mol. The molecular formula is C15H24O3. The first-order valence-corrected chi connectivity index (χ1v) is 7.30. The first-order valence-electron chi connectivity index (χ1n) is 7.30. The van der Waals surface area contributed by atoms with Gasteiger partial charge in [0.1, 0.15) is 11.6 Å². The van der Waals surface area contributed by atoms with Crippen LogP contribution in [0.3, 0.4) is 0 Å². The van der Waals surface area contributed by atoms with Crippen LogP contribution in [0.1, 0.15) is 58.3 Å². The molecular weight excluding hydrogens is 228 g/mol. The molecule has 0 saturated heterocycles. The Kier molecular flexibility index (Phi) is 4.55. The molecule has 2 fully saturated rings. The second kappa shape index (κ2) is 5.96. The molecule has 0 aromatic carbocycles. The Morgan fingerprint density at radius 3 is 2.72 bits per heavy atom. The quantitative estimate of drug-likeness (QED) is 0.558. The zero-order valence-corrected chi connectivity index (χ0v) is 11.4. The van der Waals surface area contributed by atoms with Crippen LogP contribution in [0.2, 0.25) is 0 Å². The van der Waals surface area contributed by atoms with Gasteiger partial charge in [0.25, 0.3) is 0 Å². The van der Waals surface area contributed by atoms with Crippen molar-refractivity contribution in [3.8, 4) is 0 Å². The number of hydrogen-bond donors (Lipinski definition) is 0. The molecule has 0 bridgehead atoms. The fraction of sp³-hybridized carbons (Fsp3) is 0.867. The van der Waals surface area contributed by atoms with E-state index in [-0.39, 0.29) is 17.5 Å². The number of ketones is 2. The van der Waals surface area contributed by atoms with Gasteiger partial charge in [-0.1, -0.05) is 12.8 Å². The van der Waals surface area contributed by atoms with Crippen molar-refractivity contribution in [1.82, 2.24) is 0 Å². The number of carbonyl (C=O) groups is 2. The van der Waals surface area contributed by atoms with Crippen molar-refractivity contribution in [2.75, 3.05) is 13.2 Å². The van der Waals surface area contributed by atoms with Gasteiger partial charge < -0.3 is 4.74 Å². The lowest BCUT2D eigenvalue weighted by molar-refractivity contribution is -0.137. The molecule has 3 heteroatoms. The van der Waals surface area contributed by atoms with Gasteiger partial charge in [0.05, 0.1) is 12.5 Å². The van der Waals surface area contributed by atoms with E-state index in [2.05, 4.69) is 0 Å². The second-order valence-electron chi connectivity index (χ2n) is 5.84. The van der Waals surface area contributed by atoms with E-state index in [4.69, 9.17) is 4.74 Å². The van der Waals surface area contributed by atoms with Gasteiger partial charge in [-0.25, -0.2) is 0 Å². The molecule has 2 aliphatic carbocycles. The fourth-order valence-corrected chi connectivity index (χ4v) is 3.58. The molecule has 102 valence electrons. The molecule has 0 N–H and O–H groups in total. The number of hydrogen-bond acceptors (Lipinski definition) is 3. The predicted octanol–water partition coefficient (Wildman–Crippen LogP) is 2.91. The van der Waals surface area contributed by atoms with Gasteiger partial charge in [0, 0.05) is 19.4 Å². The molecule has 0 aromatic heterocycles. The van der Waals surface area contributed by atoms with Crippen LogP contribution in [-0.4, -0.2) is 24.8 Å². The SMILES string of the molecule is CCOCCC(=O)C1CC2(CCCC2)CCC1=O. The number of ether oxygens (including phenoxy) is 1. The van der Waals surface area contributed by atoms with Crippen LogP contribution in [0, 0.1) is 11.3 Å². The van der Waals surface area contributed by atoms with E-state index in [0.29, 0.717) is 31.5 Å². The lowest BCUT2D eigenvalue weighted by Gasteiger charge is -2.36. The van der Waals surface area contributed by atoms with Crippen LogP contribution >= 0.6 is 0 Å². The Morgan fingerprint density at radius 1 is 1.33 bits per heavy atom. The van der Waals surface area contributed by atoms with Crippen molar-refractivity contribution >= 4 is 11.6 Å². The largest absolute Gasteiger partial charge is 0.381 e. The van der Waals surface area contributed by atoms with Gasteiger partial charge >= 0.3 is 0 Å². The van der Waals surface area contributed by atoms with Crippen molar-refractivity contribution in [3.05, 3.63) is 0 Å². The molecule has 1 spiro atoms. The van der Waals surface area contributed by atoms with Crippen molar-refractivity contribution in [1.29, 1.82) is 0 Å². The summed E-state index contributed by atoms with van der Waals surface area (Å²) >= 11 is 0. The van der Waals surface area contributed by atoms with Gasteiger partial charge in [-0.2, -0.15) is 0 Å². The Morgan fingerprint density at radius 2 is 2.06 bits per heavy atom. The molecule has 0 aromatic rings. The highest BCUT2D eigenvalue weighted by molar-refractivity contribution is 6.02. The molecule has 1 unspecified atom stereocenters. The van der Waals surface area contributed by atoms with Gasteiger partial charge in [-0.05, 0) is 38.0 Å². The third-order valence-corrected chi connectivity index (χ3v) is 4.68. The first kappa shape index (κ1) is 13.7. The minimum absolute atomic E-state index is 0.111. The minimum atomic E-state index is -0.322. The summed E-state index contributed by atoms with van der Waals surface area (Å²) in [7, 11) is 0. The van der Waals surface area contributed by atoms with Gasteiger partial charge in [0.2, 0.25) is 0 Å². The standard InChI is InChI=1S/C15H24O3/c1-2-18-10-6-14(17)12-11-15(7-3-4-8-15)9-5-13(12)16/h12H,2-11H2,1H3. The van der Waals surface area contributed by atoms with Crippen molar-refractivity contribution in [2.24, 2.45) is 11.3 Å². The van der Waals surface area contributed by atoms with E-state index in [9.17, 15) is 9.59 Å². The van der Waals surface area contributed by atoms with E-state index >= 15 is 0 Å². The number of carbonyl (C=O) groups excluding carboxylic acids is 2. The summed E-state index contributed by atoms with van der Waals surface area (Å²) in [6.45, 7) is 3.02. The van der Waals surface area contributed by atoms with E-state index < -0.39 is 0 Å². The van der Waals surface area contributed by atoms with Crippen LogP contribution in [0.4, 0.5) is 0 Å². The van der Waals surface area contributed by atoms with Crippen molar-refractivity contribution < 1.29 is 14.3 Å². The number of Topliss-reactive ketones (excluding diaryl/α,β-unsaturated/α-hetero) is 2. The fourth-order valence-electron chi connectivity index (χ4n) is 3.58. The monoisotopic (exact) mass is 252 g/mol. The summed E-state index contributed by atoms with van der Waals surface area (Å²) in [6, 6.07) is 0. The first-order chi connectivity index (χ1) is 8.67. The molecule has 2 saturated carbocycles. The molecule has 2 rings (SSSR count). The van der Waals surface area contributed by atoms with Crippen LogP contribution in [0.25, 0.3) is 0 Å². The molecule has 3 nitrogen and oxygen atoms in total. The maximum absolute atomic E-state index is 12.1. The Bertz CT molecular complexity index is 316. The summed E-state index contributed by atoms with van der Waals surface area (Å²) in [5.41, 5.74) is 0.319. The topological polar surface area (TPSA) is 43.4 Å². The Balaban J connectivity index is 1.92. The summed E-state index contributed by atoms with van der Waals surface area (Å²) in [5, 5.41) is 0. The maximum atomic E-state index is 12.1. The van der Waals surface area contributed by atoms with Gasteiger partial charge in [-0.15, -0.1) is 0 Å². The van der Waals surface area contributed by atoms with Crippen molar-refractivity contribution in [2.45, 2.75) is 58.3 Å². The molecule has 0 radical (unpaired) electrons. The third kappa shape index (κ3) is 3.00. The van der Waals surface area contributed by atoms with Crippen LogP contribution in [-0.2, 0) is 14.3 Å². The molecule has 18 heavy (non-hydrogen) atoms. The minimum Gasteiger partial charge on any atom is -0.381 e. The maximum Gasteiger partial charge on any atom is 0.145 e. The summed E-state index contributed by atoms with van der Waals surface area (Å²) in [6.07, 6.45) is 7.83. The zero-order chi connectivity index (χ0) is 13.0. The summed E-state index contributed by atoms with van der Waals surface area (Å²) in [4.78, 5) is 24.1. The lowest BCUT2D eigenvalue weighted by atomic mass is 9.67. The Labute approximate surface area is 109 Å². The van der Waals surface area contributed by atoms with E-state index in [1.807, 2.05) is 6.92 Å². The molecule has 1 atom stereocenters. The summed E-state index contributed by atoms with van der Waals surface area (Å²) < 4.78 is 5.22. The van der Waals surface area contributed by atoms with E-state index in [1.165, 1.54) is 25.7 Å². The average Bonchev–Trinajstić information content (AvgIpc) is 2.81. The zero-order valence-electron chi connectivity index (χ0n) is 11.4. The molecule has 0 aliphatic heterocycles. The van der Waals surface area contributed by atoms with Crippen LogP contribution in [0.5, 0.6) is 0 Å². The highest BCUT2D eigenvalue weighted by atomic mass is 16.5. The molecule has 0 amide bonds. The summed E-state index contributed by atoms with van der Waals surface area (Å²) in [5.74, 6) is -0.0363. The van der Waals surface area contributed by atoms with Gasteiger partial charge in [-0.3, -0.25) is 9.59 Å². The van der Waals surface area contributed by atoms with Gasteiger partial charge in [0.15, 0.2) is 0 Å². The number of rotatable bonds is 5. The normalized spacial score (nSPS) is 26.7. The second-order valence-corrected chi connectivity index (χ2v) is 5.84. The lowest BCUT2D eigenvalue weighted by Crippen LogP contribution is -2.37.